The predicted octanol–water partition coefficient (Wildman–Crippen LogP) is 6.83. The maximum absolute atomic E-state index is 14.2. The van der Waals surface area contributed by atoms with Gasteiger partial charge in [0.05, 0.1) is 17.2 Å². The molecule has 0 heterocycles. The number of hydrogen-bond acceptors (Lipinski definition) is 5. The Morgan fingerprint density at radius 2 is 1.60 bits per heavy atom. The number of halogens is 3. The lowest BCUT2D eigenvalue weighted by Crippen LogP contribution is -2.52. The summed E-state index contributed by atoms with van der Waals surface area (Å²) in [6, 6.07) is 16.7. The molecule has 0 aliphatic heterocycles. The molecule has 1 aliphatic carbocycles. The van der Waals surface area contributed by atoms with Gasteiger partial charge in [0, 0.05) is 32.7 Å². The first-order valence-corrected chi connectivity index (χ1v) is 17.0. The highest BCUT2D eigenvalue weighted by Gasteiger charge is 2.34. The number of nitrogens with zero attached hydrogens (tertiary/aromatic N) is 2. The van der Waals surface area contributed by atoms with Crippen molar-refractivity contribution >= 4 is 66.7 Å². The van der Waals surface area contributed by atoms with E-state index < -0.39 is 28.5 Å². The lowest BCUT2D eigenvalue weighted by atomic mass is 10.1. The number of benzene rings is 3. The Balaban J connectivity index is 1.72. The van der Waals surface area contributed by atoms with Crippen LogP contribution in [0.25, 0.3) is 0 Å². The number of hydrogen-bond donors (Lipinski definition) is 1. The summed E-state index contributed by atoms with van der Waals surface area (Å²) in [5, 5.41) is 3.71. The smallest absolute Gasteiger partial charge is 0.264 e. The lowest BCUT2D eigenvalue weighted by Gasteiger charge is -2.33. The van der Waals surface area contributed by atoms with E-state index in [0.717, 1.165) is 30.0 Å². The van der Waals surface area contributed by atoms with Gasteiger partial charge >= 0.3 is 0 Å². The molecule has 1 aliphatic rings. The molecule has 0 spiro atoms. The fourth-order valence-corrected chi connectivity index (χ4v) is 7.16. The van der Waals surface area contributed by atoms with Crippen LogP contribution in [0.5, 0.6) is 5.75 Å². The first-order valence-electron chi connectivity index (χ1n) is 14.0. The van der Waals surface area contributed by atoms with E-state index in [4.69, 9.17) is 27.9 Å². The molecule has 0 saturated heterocycles. The fourth-order valence-electron chi connectivity index (χ4n) is 4.97. The second kappa shape index (κ2) is 14.8. The highest BCUT2D eigenvalue weighted by molar-refractivity contribution is 9.10. The monoisotopic (exact) mass is 709 g/mol. The number of carbonyl (C=O) groups excluding carboxylic acids is 2. The van der Waals surface area contributed by atoms with Crippen LogP contribution in [0.15, 0.2) is 76.1 Å². The molecule has 4 rings (SSSR count). The van der Waals surface area contributed by atoms with Gasteiger partial charge in [-0.15, -0.1) is 0 Å². The van der Waals surface area contributed by atoms with Crippen molar-refractivity contribution in [3.63, 3.8) is 0 Å². The molecular formula is C31H34BrCl2N3O5S. The van der Waals surface area contributed by atoms with Crippen molar-refractivity contribution in [1.82, 2.24) is 10.2 Å². The van der Waals surface area contributed by atoms with Crippen molar-refractivity contribution in [1.29, 1.82) is 0 Å². The SMILES string of the molecule is CCOc1ccc(N(CC(=O)N(Cc2c(Cl)cccc2Cl)[C@H](C)C(=O)NC2CCCC2)S(=O)(=O)c2ccc(Br)cc2)cc1. The zero-order chi connectivity index (χ0) is 31.1. The normalized spacial score (nSPS) is 14.3. The van der Waals surface area contributed by atoms with Gasteiger partial charge in [-0.05, 0) is 87.4 Å². The van der Waals surface area contributed by atoms with Gasteiger partial charge in [0.25, 0.3) is 10.0 Å². The molecule has 230 valence electrons. The van der Waals surface area contributed by atoms with Crippen molar-refractivity contribution in [2.24, 2.45) is 0 Å². The Hall–Kier alpha value is -2.79. The molecule has 1 fully saturated rings. The largest absolute Gasteiger partial charge is 0.494 e. The quantitative estimate of drug-likeness (QED) is 0.223. The first-order chi connectivity index (χ1) is 20.5. The summed E-state index contributed by atoms with van der Waals surface area (Å²) in [5.41, 5.74) is 0.724. The van der Waals surface area contributed by atoms with Crippen LogP contribution in [0.3, 0.4) is 0 Å². The molecule has 0 aromatic heterocycles. The maximum Gasteiger partial charge on any atom is 0.264 e. The zero-order valence-electron chi connectivity index (χ0n) is 23.9. The Morgan fingerprint density at radius 3 is 2.19 bits per heavy atom. The van der Waals surface area contributed by atoms with Crippen molar-refractivity contribution in [2.45, 2.75) is 63.1 Å². The number of ether oxygens (including phenoxy) is 1. The van der Waals surface area contributed by atoms with Gasteiger partial charge in [0.2, 0.25) is 11.8 Å². The summed E-state index contributed by atoms with van der Waals surface area (Å²) in [7, 11) is -4.21. The molecule has 12 heteroatoms. The first kappa shape index (κ1) is 33.1. The van der Waals surface area contributed by atoms with Gasteiger partial charge in [-0.3, -0.25) is 13.9 Å². The molecule has 1 atom stereocenters. The number of nitrogens with one attached hydrogen (secondary N) is 1. The molecule has 2 amide bonds. The molecule has 3 aromatic rings. The molecular weight excluding hydrogens is 677 g/mol. The number of carbonyl (C=O) groups is 2. The topological polar surface area (TPSA) is 96.0 Å². The highest BCUT2D eigenvalue weighted by Crippen LogP contribution is 2.30. The summed E-state index contributed by atoms with van der Waals surface area (Å²) < 4.78 is 35.3. The average Bonchev–Trinajstić information content (AvgIpc) is 3.49. The maximum atomic E-state index is 14.2. The summed E-state index contributed by atoms with van der Waals surface area (Å²) >= 11 is 16.3. The van der Waals surface area contributed by atoms with E-state index in [1.165, 1.54) is 17.0 Å². The van der Waals surface area contributed by atoms with E-state index in [1.807, 2.05) is 6.92 Å². The van der Waals surface area contributed by atoms with Crippen molar-refractivity contribution in [3.8, 4) is 5.75 Å². The summed E-state index contributed by atoms with van der Waals surface area (Å²) in [4.78, 5) is 28.9. The van der Waals surface area contributed by atoms with E-state index in [0.29, 0.717) is 32.4 Å². The molecule has 8 nitrogen and oxygen atoms in total. The van der Waals surface area contributed by atoms with Gasteiger partial charge in [-0.2, -0.15) is 0 Å². The molecule has 0 bridgehead atoms. The van der Waals surface area contributed by atoms with Crippen molar-refractivity contribution < 1.29 is 22.7 Å². The Kier molecular flexibility index (Phi) is 11.4. The van der Waals surface area contributed by atoms with Gasteiger partial charge in [-0.25, -0.2) is 8.42 Å². The summed E-state index contributed by atoms with van der Waals surface area (Å²) in [6.07, 6.45) is 3.81. The zero-order valence-corrected chi connectivity index (χ0v) is 27.8. The van der Waals surface area contributed by atoms with E-state index in [9.17, 15) is 18.0 Å². The second-order valence-corrected chi connectivity index (χ2v) is 13.9. The van der Waals surface area contributed by atoms with Gasteiger partial charge in [0.15, 0.2) is 0 Å². The lowest BCUT2D eigenvalue weighted by molar-refractivity contribution is -0.139. The van der Waals surface area contributed by atoms with E-state index in [1.54, 1.807) is 61.5 Å². The third-order valence-electron chi connectivity index (χ3n) is 7.38. The minimum atomic E-state index is -4.21. The van der Waals surface area contributed by atoms with Crippen LogP contribution >= 0.6 is 39.1 Å². The second-order valence-electron chi connectivity index (χ2n) is 10.3. The summed E-state index contributed by atoms with van der Waals surface area (Å²) in [5.74, 6) is -0.364. The number of amides is 2. The predicted molar refractivity (Wildman–Crippen MR) is 173 cm³/mol. The van der Waals surface area contributed by atoms with Crippen LogP contribution in [0, 0.1) is 0 Å². The molecule has 3 aromatic carbocycles. The number of rotatable bonds is 12. The molecule has 0 unspecified atom stereocenters. The van der Waals surface area contributed by atoms with Gasteiger partial charge in [0.1, 0.15) is 18.3 Å². The van der Waals surface area contributed by atoms with E-state index in [-0.39, 0.29) is 29.1 Å². The third kappa shape index (κ3) is 8.23. The third-order valence-corrected chi connectivity index (χ3v) is 10.4. The summed E-state index contributed by atoms with van der Waals surface area (Å²) in [6.45, 7) is 3.25. The van der Waals surface area contributed by atoms with Crippen LogP contribution in [0.2, 0.25) is 10.0 Å². The van der Waals surface area contributed by atoms with Crippen LogP contribution in [-0.2, 0) is 26.2 Å². The van der Waals surface area contributed by atoms with Crippen LogP contribution in [0.4, 0.5) is 5.69 Å². The molecule has 1 saturated carbocycles. The van der Waals surface area contributed by atoms with Crippen LogP contribution in [-0.4, -0.2) is 50.4 Å². The Bertz CT molecular complexity index is 1510. The minimum Gasteiger partial charge on any atom is -0.494 e. The fraction of sp³-hybridized carbons (Fsp3) is 0.355. The van der Waals surface area contributed by atoms with Crippen LogP contribution < -0.4 is 14.4 Å². The molecule has 43 heavy (non-hydrogen) atoms. The Labute approximate surface area is 271 Å². The van der Waals surface area contributed by atoms with Crippen LogP contribution in [0.1, 0.15) is 45.1 Å². The standard InChI is InChI=1S/C31H34BrCl2N3O5S/c1-3-42-25-15-13-24(14-16-25)37(43(40,41)26-17-11-22(32)12-18-26)20-30(38)36(19-27-28(33)9-6-10-29(27)34)21(2)31(39)35-23-7-4-5-8-23/h6,9-18,21,23H,3-5,7-8,19-20H2,1-2H3,(H,35,39)/t21-/m1/s1. The number of anilines is 1. The van der Waals surface area contributed by atoms with Crippen molar-refractivity contribution in [3.05, 3.63) is 86.8 Å². The minimum absolute atomic E-state index is 0.00473. The average molecular weight is 712 g/mol. The number of sulfonamides is 1. The van der Waals surface area contributed by atoms with Gasteiger partial charge < -0.3 is 15.0 Å². The van der Waals surface area contributed by atoms with Crippen molar-refractivity contribution in [2.75, 3.05) is 17.5 Å². The molecule has 0 radical (unpaired) electrons. The highest BCUT2D eigenvalue weighted by atomic mass is 79.9. The van der Waals surface area contributed by atoms with E-state index >= 15 is 0 Å². The van der Waals surface area contributed by atoms with E-state index in [2.05, 4.69) is 21.2 Å². The Morgan fingerprint density at radius 1 is 1.00 bits per heavy atom. The van der Waals surface area contributed by atoms with Gasteiger partial charge in [-0.1, -0.05) is 58.0 Å². The molecule has 1 N–H and O–H groups in total.